The van der Waals surface area contributed by atoms with Gasteiger partial charge >= 0.3 is 0 Å². The average Bonchev–Trinajstić information content (AvgIpc) is 2.12. The normalized spacial score (nSPS) is 11.9. The number of hydrogen-bond donors (Lipinski definition) is 1. The Hall–Kier alpha value is -1.13. The van der Waals surface area contributed by atoms with Gasteiger partial charge in [0.15, 0.2) is 0 Å². The molecule has 1 rings (SSSR count). The van der Waals surface area contributed by atoms with Crippen molar-refractivity contribution in [3.8, 4) is 0 Å². The Balaban J connectivity index is 2.72. The molecule has 0 radical (unpaired) electrons. The zero-order valence-corrected chi connectivity index (χ0v) is 7.07. The van der Waals surface area contributed by atoms with Crippen LogP contribution < -0.4 is 5.73 Å². The molecule has 0 unspecified atom stereocenters. The van der Waals surface area contributed by atoms with Crippen LogP contribution in [0.15, 0.2) is 0 Å². The first-order valence-electron chi connectivity index (χ1n) is 3.51. The molecule has 11 heavy (non-hydrogen) atoms. The van der Waals surface area contributed by atoms with Crippen molar-refractivity contribution in [2.75, 3.05) is 5.73 Å². The van der Waals surface area contributed by atoms with Crippen molar-refractivity contribution < 1.29 is 0 Å². The fourth-order valence-electron chi connectivity index (χ4n) is 0.773. The first-order valence-corrected chi connectivity index (χ1v) is 3.51. The van der Waals surface area contributed by atoms with Crippen molar-refractivity contribution in [2.45, 2.75) is 27.3 Å². The molecular formula is C6H13N5. The fourth-order valence-corrected chi connectivity index (χ4v) is 0.773. The molecule has 0 amide bonds. The van der Waals surface area contributed by atoms with Crippen molar-refractivity contribution in [2.24, 2.45) is 5.41 Å². The average molecular weight is 155 g/mol. The molecule has 1 aromatic rings. The van der Waals surface area contributed by atoms with Gasteiger partial charge in [-0.2, -0.15) is 0 Å². The van der Waals surface area contributed by atoms with Crippen LogP contribution in [0.4, 0.5) is 5.95 Å². The van der Waals surface area contributed by atoms with E-state index in [1.807, 2.05) is 0 Å². The number of nitrogens with two attached hydrogens (primary N) is 1. The van der Waals surface area contributed by atoms with Gasteiger partial charge in [-0.05, 0) is 15.8 Å². The van der Waals surface area contributed by atoms with Gasteiger partial charge in [-0.1, -0.05) is 25.9 Å². The highest BCUT2D eigenvalue weighted by atomic mass is 15.6. The molecule has 0 fully saturated rings. The van der Waals surface area contributed by atoms with Crippen LogP contribution in [-0.4, -0.2) is 20.2 Å². The number of nitrogen functional groups attached to an aromatic ring is 1. The Morgan fingerprint density at radius 3 is 2.45 bits per heavy atom. The highest BCUT2D eigenvalue weighted by molar-refractivity contribution is 5.10. The highest BCUT2D eigenvalue weighted by Crippen LogP contribution is 2.15. The summed E-state index contributed by atoms with van der Waals surface area (Å²) in [6.07, 6.45) is 0. The van der Waals surface area contributed by atoms with Crippen LogP contribution in [0.2, 0.25) is 0 Å². The minimum Gasteiger partial charge on any atom is -0.367 e. The van der Waals surface area contributed by atoms with Crippen LogP contribution in [0.3, 0.4) is 0 Å². The second-order valence-electron chi connectivity index (χ2n) is 3.76. The van der Waals surface area contributed by atoms with Gasteiger partial charge in [0.25, 0.3) is 0 Å². The van der Waals surface area contributed by atoms with Crippen LogP contribution in [0.25, 0.3) is 0 Å². The van der Waals surface area contributed by atoms with Crippen LogP contribution >= 0.6 is 0 Å². The smallest absolute Gasteiger partial charge is 0.240 e. The number of aromatic nitrogens is 4. The summed E-state index contributed by atoms with van der Waals surface area (Å²) in [6.45, 7) is 7.06. The van der Waals surface area contributed by atoms with Crippen molar-refractivity contribution in [1.29, 1.82) is 0 Å². The summed E-state index contributed by atoms with van der Waals surface area (Å²) >= 11 is 0. The van der Waals surface area contributed by atoms with Gasteiger partial charge in [0, 0.05) is 0 Å². The molecule has 62 valence electrons. The second-order valence-corrected chi connectivity index (χ2v) is 3.76. The lowest BCUT2D eigenvalue weighted by Crippen LogP contribution is -2.18. The van der Waals surface area contributed by atoms with Gasteiger partial charge in [-0.25, -0.2) is 4.68 Å². The highest BCUT2D eigenvalue weighted by Gasteiger charge is 2.13. The van der Waals surface area contributed by atoms with Gasteiger partial charge in [-0.15, -0.1) is 0 Å². The standard InChI is InChI=1S/C6H13N5/c1-6(2,3)4-11-5(7)8-9-10-11/h4H2,1-3H3,(H2,7,8,10). The monoisotopic (exact) mass is 155 g/mol. The molecule has 0 atom stereocenters. The molecule has 0 aromatic carbocycles. The first-order chi connectivity index (χ1) is 4.99. The van der Waals surface area contributed by atoms with Crippen molar-refractivity contribution in [3.05, 3.63) is 0 Å². The predicted octanol–water partition coefficient (Wildman–Crippen LogP) is 0.301. The molecule has 0 spiro atoms. The van der Waals surface area contributed by atoms with E-state index in [0.717, 1.165) is 6.54 Å². The number of tetrazole rings is 1. The zero-order valence-electron chi connectivity index (χ0n) is 7.07. The van der Waals surface area contributed by atoms with Gasteiger partial charge in [0.1, 0.15) is 0 Å². The van der Waals surface area contributed by atoms with Crippen molar-refractivity contribution >= 4 is 5.95 Å². The van der Waals surface area contributed by atoms with Crippen LogP contribution in [0.5, 0.6) is 0 Å². The Morgan fingerprint density at radius 1 is 1.45 bits per heavy atom. The SMILES string of the molecule is CC(C)(C)Cn1nnnc1N. The second kappa shape index (κ2) is 2.48. The van der Waals surface area contributed by atoms with E-state index in [1.54, 1.807) is 4.68 Å². The Labute approximate surface area is 65.6 Å². The molecule has 1 heterocycles. The lowest BCUT2D eigenvalue weighted by atomic mass is 9.97. The summed E-state index contributed by atoms with van der Waals surface area (Å²) in [5.74, 6) is 0.375. The number of rotatable bonds is 1. The van der Waals surface area contributed by atoms with E-state index in [2.05, 4.69) is 36.3 Å². The minimum atomic E-state index is 0.156. The molecule has 2 N–H and O–H groups in total. The predicted molar refractivity (Wildman–Crippen MR) is 41.7 cm³/mol. The maximum Gasteiger partial charge on any atom is 0.240 e. The van der Waals surface area contributed by atoms with Gasteiger partial charge in [-0.3, -0.25) is 0 Å². The quantitative estimate of drug-likeness (QED) is 0.633. The summed E-state index contributed by atoms with van der Waals surface area (Å²) in [4.78, 5) is 0. The maximum atomic E-state index is 5.47. The van der Waals surface area contributed by atoms with Crippen LogP contribution in [0.1, 0.15) is 20.8 Å². The molecule has 0 saturated heterocycles. The van der Waals surface area contributed by atoms with Gasteiger partial charge < -0.3 is 5.73 Å². The third kappa shape index (κ3) is 2.18. The fraction of sp³-hybridized carbons (Fsp3) is 0.833. The molecule has 0 aliphatic heterocycles. The molecule has 5 nitrogen and oxygen atoms in total. The minimum absolute atomic E-state index is 0.156. The van der Waals surface area contributed by atoms with E-state index in [-0.39, 0.29) is 5.41 Å². The van der Waals surface area contributed by atoms with E-state index in [9.17, 15) is 0 Å². The van der Waals surface area contributed by atoms with Crippen molar-refractivity contribution in [1.82, 2.24) is 20.2 Å². The van der Waals surface area contributed by atoms with Gasteiger partial charge in [0.2, 0.25) is 5.95 Å². The summed E-state index contributed by atoms with van der Waals surface area (Å²) < 4.78 is 1.60. The van der Waals surface area contributed by atoms with Crippen LogP contribution in [-0.2, 0) is 6.54 Å². The molecule has 0 bridgehead atoms. The Morgan fingerprint density at radius 2 is 2.09 bits per heavy atom. The lowest BCUT2D eigenvalue weighted by Gasteiger charge is -2.17. The zero-order chi connectivity index (χ0) is 8.48. The lowest BCUT2D eigenvalue weighted by molar-refractivity contribution is 0.324. The largest absolute Gasteiger partial charge is 0.367 e. The van der Waals surface area contributed by atoms with Crippen LogP contribution in [0, 0.1) is 5.41 Å². The third-order valence-corrected chi connectivity index (χ3v) is 1.18. The van der Waals surface area contributed by atoms with Gasteiger partial charge in [0.05, 0.1) is 6.54 Å². The molecular weight excluding hydrogens is 142 g/mol. The molecule has 0 aliphatic rings. The van der Waals surface area contributed by atoms with E-state index in [4.69, 9.17) is 5.73 Å². The number of nitrogens with zero attached hydrogens (tertiary/aromatic N) is 4. The van der Waals surface area contributed by atoms with E-state index in [1.165, 1.54) is 0 Å². The third-order valence-electron chi connectivity index (χ3n) is 1.18. The Kier molecular flexibility index (Phi) is 1.80. The number of hydrogen-bond acceptors (Lipinski definition) is 4. The van der Waals surface area contributed by atoms with E-state index < -0.39 is 0 Å². The Bertz CT molecular complexity index is 233. The summed E-state index contributed by atoms with van der Waals surface area (Å²) in [6, 6.07) is 0. The summed E-state index contributed by atoms with van der Waals surface area (Å²) in [7, 11) is 0. The first kappa shape index (κ1) is 7.97. The molecule has 0 saturated carbocycles. The maximum absolute atomic E-state index is 5.47. The molecule has 5 heteroatoms. The number of anilines is 1. The van der Waals surface area contributed by atoms with E-state index >= 15 is 0 Å². The van der Waals surface area contributed by atoms with Crippen molar-refractivity contribution in [3.63, 3.8) is 0 Å². The molecule has 0 aliphatic carbocycles. The van der Waals surface area contributed by atoms with E-state index in [0.29, 0.717) is 5.95 Å². The topological polar surface area (TPSA) is 69.6 Å². The summed E-state index contributed by atoms with van der Waals surface area (Å²) in [5.41, 5.74) is 5.63. The molecule has 1 aromatic heterocycles. The summed E-state index contributed by atoms with van der Waals surface area (Å²) in [5, 5.41) is 10.8.